The lowest BCUT2D eigenvalue weighted by molar-refractivity contribution is -0.128. The second kappa shape index (κ2) is 15.7. The molecule has 3 fully saturated rings. The number of benzene rings is 3. The van der Waals surface area contributed by atoms with Crippen LogP contribution in [0.25, 0.3) is 11.3 Å². The molecule has 13 nitrogen and oxygen atoms in total. The van der Waals surface area contributed by atoms with Crippen LogP contribution in [-0.4, -0.2) is 106 Å². The molecule has 2 saturated carbocycles. The molecule has 1 saturated heterocycles. The van der Waals surface area contributed by atoms with Crippen molar-refractivity contribution in [3.63, 3.8) is 0 Å². The molecule has 4 aliphatic rings. The summed E-state index contributed by atoms with van der Waals surface area (Å²) in [7, 11) is 1.13. The summed E-state index contributed by atoms with van der Waals surface area (Å²) in [4.78, 5) is 56.2. The van der Waals surface area contributed by atoms with E-state index in [2.05, 4.69) is 27.5 Å². The van der Waals surface area contributed by atoms with Gasteiger partial charge in [0.1, 0.15) is 5.78 Å². The van der Waals surface area contributed by atoms with Gasteiger partial charge in [-0.25, -0.2) is 4.79 Å². The van der Waals surface area contributed by atoms with E-state index < -0.39 is 27.3 Å². The number of nitrogens with zero attached hydrogens (tertiary/aromatic N) is 3. The molecule has 2 unspecified atom stereocenters. The summed E-state index contributed by atoms with van der Waals surface area (Å²) in [5.41, 5.74) is 3.98. The third-order valence-electron chi connectivity index (χ3n) is 11.9. The summed E-state index contributed by atoms with van der Waals surface area (Å²) in [5.74, 6) is -0.796. The van der Waals surface area contributed by atoms with Gasteiger partial charge in [0.2, 0.25) is 5.91 Å². The molecule has 2 bridgehead atoms. The molecule has 0 radical (unpaired) electrons. The van der Waals surface area contributed by atoms with E-state index in [0.717, 1.165) is 49.5 Å². The van der Waals surface area contributed by atoms with E-state index in [1.54, 1.807) is 30.1 Å². The lowest BCUT2D eigenvalue weighted by atomic mass is 9.70. The van der Waals surface area contributed by atoms with Gasteiger partial charge in [-0.1, -0.05) is 50.2 Å². The minimum atomic E-state index is -4.08. The molecule has 3 aromatic carbocycles. The fourth-order valence-electron chi connectivity index (χ4n) is 8.33. The predicted octanol–water partition coefficient (Wildman–Crippen LogP) is 4.89. The molecule has 3 aromatic rings. The van der Waals surface area contributed by atoms with Gasteiger partial charge in [-0.3, -0.25) is 23.8 Å². The molecular formula is C41H49N5O8S. The van der Waals surface area contributed by atoms with Crippen molar-refractivity contribution in [1.29, 1.82) is 0 Å². The Morgan fingerprint density at radius 3 is 2.24 bits per heavy atom. The largest absolute Gasteiger partial charge is 0.465 e. The van der Waals surface area contributed by atoms with Crippen LogP contribution in [-0.2, 0) is 29.2 Å². The van der Waals surface area contributed by atoms with E-state index in [1.165, 1.54) is 7.11 Å². The number of ether oxygens (including phenoxy) is 1. The molecule has 7 rings (SSSR count). The zero-order valence-electron chi connectivity index (χ0n) is 31.9. The number of hydrogen-bond donors (Lipinski definition) is 3. The van der Waals surface area contributed by atoms with Crippen LogP contribution in [0, 0.1) is 16.7 Å². The number of carbonyl (C=O) groups is 4. The number of Topliss-reactive ketones (excluding diaryl/α,β-unsaturated/α-hetero) is 1. The highest BCUT2D eigenvalue weighted by Crippen LogP contribution is 2.64. The van der Waals surface area contributed by atoms with Crippen molar-refractivity contribution >= 4 is 62.0 Å². The number of hydrogen-bond acceptors (Lipinski definition) is 10. The van der Waals surface area contributed by atoms with E-state index in [0.29, 0.717) is 47.5 Å². The lowest BCUT2D eigenvalue weighted by Crippen LogP contribution is -2.48. The van der Waals surface area contributed by atoms with E-state index in [4.69, 9.17) is 9.29 Å². The summed E-state index contributed by atoms with van der Waals surface area (Å²) in [6.07, 6.45) is 1.97. The molecule has 55 heavy (non-hydrogen) atoms. The normalized spacial score (nSPS) is 22.6. The van der Waals surface area contributed by atoms with Crippen LogP contribution in [0.3, 0.4) is 0 Å². The van der Waals surface area contributed by atoms with Crippen molar-refractivity contribution in [1.82, 2.24) is 9.80 Å². The van der Waals surface area contributed by atoms with E-state index in [1.807, 2.05) is 68.4 Å². The number of ketones is 1. The Hall–Kier alpha value is -4.89. The van der Waals surface area contributed by atoms with Crippen molar-refractivity contribution in [2.24, 2.45) is 16.7 Å². The van der Waals surface area contributed by atoms with Crippen LogP contribution >= 0.6 is 0 Å². The smallest absolute Gasteiger partial charge is 0.337 e. The monoisotopic (exact) mass is 771 g/mol. The van der Waals surface area contributed by atoms with Gasteiger partial charge in [-0.2, -0.15) is 8.42 Å². The Morgan fingerprint density at radius 1 is 0.982 bits per heavy atom. The van der Waals surface area contributed by atoms with Crippen LogP contribution in [0.2, 0.25) is 0 Å². The zero-order valence-corrected chi connectivity index (χ0v) is 32.7. The second-order valence-electron chi connectivity index (χ2n) is 15.4. The number of likely N-dealkylation sites (N-methyl/N-ethyl adjacent to an activating group) is 2. The Kier molecular flexibility index (Phi) is 11.4. The van der Waals surface area contributed by atoms with Crippen molar-refractivity contribution in [3.05, 3.63) is 89.5 Å². The summed E-state index contributed by atoms with van der Waals surface area (Å²) < 4.78 is 35.8. The average molecular weight is 772 g/mol. The summed E-state index contributed by atoms with van der Waals surface area (Å²) in [6.45, 7) is 7.98. The minimum Gasteiger partial charge on any atom is -0.465 e. The van der Waals surface area contributed by atoms with Gasteiger partial charge >= 0.3 is 5.97 Å². The summed E-state index contributed by atoms with van der Waals surface area (Å²) in [6, 6.07) is 22.2. The second-order valence-corrected chi connectivity index (χ2v) is 16.9. The van der Waals surface area contributed by atoms with Crippen LogP contribution in [0.1, 0.15) is 54.6 Å². The van der Waals surface area contributed by atoms with Gasteiger partial charge < -0.3 is 25.2 Å². The number of nitrogens with one attached hydrogen (secondary N) is 2. The molecule has 14 heteroatoms. The highest BCUT2D eigenvalue weighted by Gasteiger charge is 2.65. The SMILES string of the molecule is CC1(C)C2CCC1(CS(=O)(=O)O)C(=O)C2.COC(=O)c1ccc2c(c1)NC(=O)/C2=C(\Nc1ccc(N(C)C(=O)CN2CCN(C)CC2)cc1)c1ccccc1. The lowest BCUT2D eigenvalue weighted by Gasteiger charge is -2.35. The number of anilines is 3. The minimum absolute atomic E-state index is 0.0152. The van der Waals surface area contributed by atoms with Crippen molar-refractivity contribution in [3.8, 4) is 0 Å². The number of amides is 2. The third kappa shape index (κ3) is 8.23. The topological polar surface area (TPSA) is 166 Å². The van der Waals surface area contributed by atoms with E-state index >= 15 is 0 Å². The summed E-state index contributed by atoms with van der Waals surface area (Å²) >= 11 is 0. The Balaban J connectivity index is 0.000000286. The Morgan fingerprint density at radius 2 is 1.65 bits per heavy atom. The van der Waals surface area contributed by atoms with Crippen molar-refractivity contribution in [2.45, 2.75) is 33.1 Å². The molecule has 0 aromatic heterocycles. The molecule has 2 atom stereocenters. The quantitative estimate of drug-likeness (QED) is 0.154. The molecule has 0 spiro atoms. The first-order chi connectivity index (χ1) is 26.0. The van der Waals surface area contributed by atoms with E-state index in [-0.39, 0.29) is 28.9 Å². The molecule has 292 valence electrons. The first-order valence-electron chi connectivity index (χ1n) is 18.4. The number of esters is 1. The Labute approximate surface area is 322 Å². The molecular weight excluding hydrogens is 723 g/mol. The average Bonchev–Trinajstić information content (AvgIpc) is 3.68. The maximum absolute atomic E-state index is 13.2. The standard InChI is InChI=1S/C31H33N5O4.C10H16O4S/c1-34-15-17-36(18-16-34)20-27(37)35(2)24-12-10-23(11-13-24)32-29(21-7-5-4-6-8-21)28-25-14-9-22(31(39)40-3)19-26(25)33-30(28)38;1-9(2)7-3-4-10(9,8(11)5-7)6-15(12,13)14/h4-14,19,32H,15-18,20H2,1-3H3,(H,33,38);7H,3-6H2,1-2H3,(H,12,13,14)/b29-28-;. The van der Waals surface area contributed by atoms with E-state index in [9.17, 15) is 27.6 Å². The third-order valence-corrected chi connectivity index (χ3v) is 12.8. The molecule has 2 heterocycles. The molecule has 2 amide bonds. The van der Waals surface area contributed by atoms with Gasteiger partial charge in [0.05, 0.1) is 47.3 Å². The first-order valence-corrected chi connectivity index (χ1v) is 20.0. The Bertz CT molecular complexity index is 2110. The van der Waals surface area contributed by atoms with Crippen molar-refractivity contribution < 1.29 is 36.9 Å². The van der Waals surface area contributed by atoms with Gasteiger partial charge in [-0.15, -0.1) is 0 Å². The highest BCUT2D eigenvalue weighted by molar-refractivity contribution is 7.85. The molecule has 2 aliphatic carbocycles. The van der Waals surface area contributed by atoms with Gasteiger partial charge in [-0.05, 0) is 73.2 Å². The number of piperazine rings is 1. The van der Waals surface area contributed by atoms with Crippen molar-refractivity contribution in [2.75, 3.05) is 75.2 Å². The van der Waals surface area contributed by atoms with Gasteiger partial charge in [0.15, 0.2) is 0 Å². The highest BCUT2D eigenvalue weighted by atomic mass is 32.2. The first kappa shape index (κ1) is 39.8. The summed E-state index contributed by atoms with van der Waals surface area (Å²) in [5, 5.41) is 6.31. The number of fused-ring (bicyclic) bond motifs is 3. The maximum atomic E-state index is 13.2. The number of methoxy groups -OCH3 is 1. The van der Waals surface area contributed by atoms with Crippen LogP contribution < -0.4 is 15.5 Å². The molecule has 2 aliphatic heterocycles. The van der Waals surface area contributed by atoms with Crippen LogP contribution in [0.4, 0.5) is 17.1 Å². The van der Waals surface area contributed by atoms with Crippen LogP contribution in [0.5, 0.6) is 0 Å². The van der Waals surface area contributed by atoms with Crippen LogP contribution in [0.15, 0.2) is 72.8 Å². The van der Waals surface area contributed by atoms with Gasteiger partial charge in [0.25, 0.3) is 16.0 Å². The number of carbonyl (C=O) groups excluding carboxylic acids is 4. The van der Waals surface area contributed by atoms with Gasteiger partial charge in [0, 0.05) is 56.6 Å². The molecule has 3 N–H and O–H groups in total. The predicted molar refractivity (Wildman–Crippen MR) is 212 cm³/mol. The zero-order chi connectivity index (χ0) is 39.7. The fourth-order valence-corrected chi connectivity index (χ4v) is 9.63. The maximum Gasteiger partial charge on any atom is 0.337 e. The number of rotatable bonds is 9. The fraction of sp³-hybridized carbons (Fsp3) is 0.415.